The summed E-state index contributed by atoms with van der Waals surface area (Å²) >= 11 is 0. The average molecular weight is 412 g/mol. The van der Waals surface area contributed by atoms with Crippen molar-refractivity contribution in [3.63, 3.8) is 0 Å². The molecule has 3 heterocycles. The molecule has 3 aromatic heterocycles. The molecule has 11 heteroatoms. The van der Waals surface area contributed by atoms with Crippen molar-refractivity contribution in [3.8, 4) is 5.75 Å². The van der Waals surface area contributed by atoms with E-state index in [0.717, 1.165) is 36.2 Å². The van der Waals surface area contributed by atoms with E-state index in [4.69, 9.17) is 0 Å². The van der Waals surface area contributed by atoms with Crippen LogP contribution in [0.5, 0.6) is 5.75 Å². The number of hydrogen-bond donors (Lipinski definition) is 3. The number of halogens is 2. The molecule has 1 aromatic carbocycles. The molecule has 9 nitrogen and oxygen atoms in total. The summed E-state index contributed by atoms with van der Waals surface area (Å²) in [5.74, 6) is 1.26. The minimum absolute atomic E-state index is 0.0934. The third-order valence-corrected chi connectivity index (χ3v) is 4.22. The molecule has 0 atom stereocenters. The van der Waals surface area contributed by atoms with Gasteiger partial charge in [-0.05, 0) is 42.7 Å². The van der Waals surface area contributed by atoms with Gasteiger partial charge in [-0.25, -0.2) is 19.9 Å². The lowest BCUT2D eigenvalue weighted by atomic mass is 10.2. The van der Waals surface area contributed by atoms with Crippen molar-refractivity contribution in [1.82, 2.24) is 30.1 Å². The quantitative estimate of drug-likeness (QED) is 0.358. The largest absolute Gasteiger partial charge is 0.435 e. The van der Waals surface area contributed by atoms with Crippen molar-refractivity contribution in [2.45, 2.75) is 19.5 Å². The summed E-state index contributed by atoms with van der Waals surface area (Å²) in [5, 5.41) is 13.9. The van der Waals surface area contributed by atoms with Gasteiger partial charge in [-0.1, -0.05) is 0 Å². The van der Waals surface area contributed by atoms with Gasteiger partial charge < -0.3 is 15.4 Å². The first-order valence-electron chi connectivity index (χ1n) is 9.18. The standard InChI is InChI=1S/C19H18F2N8O/c20-18(21)30-14-5-3-13(4-6-14)28-19-23-8-12(9-24-19)2-1-7-22-16-15-10-27-29-17(15)26-11-25-16/h3-6,8-11,18H,1-2,7H2,(H,23,24,28)(H2,22,25,26,27,29). The molecule has 0 spiro atoms. The number of nitrogens with zero attached hydrogens (tertiary/aromatic N) is 5. The number of anilines is 3. The second-order valence-electron chi connectivity index (χ2n) is 6.33. The van der Waals surface area contributed by atoms with Crippen LogP contribution in [0.1, 0.15) is 12.0 Å². The molecular formula is C19H18F2N8O. The summed E-state index contributed by atoms with van der Waals surface area (Å²) in [5.41, 5.74) is 2.36. The molecule has 3 N–H and O–H groups in total. The van der Waals surface area contributed by atoms with Crippen LogP contribution in [0.2, 0.25) is 0 Å². The topological polar surface area (TPSA) is 114 Å². The molecule has 0 amide bonds. The van der Waals surface area contributed by atoms with E-state index in [2.05, 4.69) is 45.5 Å². The van der Waals surface area contributed by atoms with Gasteiger partial charge in [-0.3, -0.25) is 5.10 Å². The molecular weight excluding hydrogens is 394 g/mol. The van der Waals surface area contributed by atoms with E-state index in [1.165, 1.54) is 18.5 Å². The second kappa shape index (κ2) is 9.07. The maximum Gasteiger partial charge on any atom is 0.387 e. The van der Waals surface area contributed by atoms with E-state index in [1.807, 2.05) is 0 Å². The first-order valence-corrected chi connectivity index (χ1v) is 9.18. The summed E-state index contributed by atoms with van der Waals surface area (Å²) in [4.78, 5) is 16.9. The Morgan fingerprint density at radius 2 is 1.80 bits per heavy atom. The van der Waals surface area contributed by atoms with Crippen molar-refractivity contribution in [2.24, 2.45) is 0 Å². The van der Waals surface area contributed by atoms with Crippen molar-refractivity contribution in [1.29, 1.82) is 0 Å². The van der Waals surface area contributed by atoms with Crippen molar-refractivity contribution in [3.05, 3.63) is 54.7 Å². The van der Waals surface area contributed by atoms with E-state index in [9.17, 15) is 8.78 Å². The van der Waals surface area contributed by atoms with Crippen LogP contribution in [-0.4, -0.2) is 43.3 Å². The molecule has 0 radical (unpaired) electrons. The lowest BCUT2D eigenvalue weighted by Crippen LogP contribution is -2.06. The SMILES string of the molecule is FC(F)Oc1ccc(Nc2ncc(CCCNc3ncnc4[nH]ncc34)cn2)cc1. The number of alkyl halides is 2. The first-order chi connectivity index (χ1) is 14.7. The van der Waals surface area contributed by atoms with Gasteiger partial charge in [-0.15, -0.1) is 0 Å². The third-order valence-electron chi connectivity index (χ3n) is 4.22. The Balaban J connectivity index is 1.25. The number of aryl methyl sites for hydroxylation is 1. The Kier molecular flexibility index (Phi) is 5.88. The maximum atomic E-state index is 12.2. The van der Waals surface area contributed by atoms with Crippen LogP contribution in [-0.2, 0) is 6.42 Å². The zero-order valence-electron chi connectivity index (χ0n) is 15.7. The molecule has 0 bridgehead atoms. The molecule has 4 aromatic rings. The van der Waals surface area contributed by atoms with Gasteiger partial charge in [0.05, 0.1) is 11.6 Å². The highest BCUT2D eigenvalue weighted by atomic mass is 19.3. The maximum absolute atomic E-state index is 12.2. The summed E-state index contributed by atoms with van der Waals surface area (Å²) in [7, 11) is 0. The zero-order valence-corrected chi connectivity index (χ0v) is 15.7. The number of fused-ring (bicyclic) bond motifs is 1. The van der Waals surface area contributed by atoms with Crippen LogP contribution in [0.15, 0.2) is 49.2 Å². The number of H-pyrrole nitrogens is 1. The number of aromatic amines is 1. The Labute approximate surface area is 170 Å². The van der Waals surface area contributed by atoms with E-state index >= 15 is 0 Å². The number of rotatable bonds is 9. The summed E-state index contributed by atoms with van der Waals surface area (Å²) in [6.45, 7) is -2.12. The van der Waals surface area contributed by atoms with Crippen molar-refractivity contribution >= 4 is 28.5 Å². The van der Waals surface area contributed by atoms with E-state index in [-0.39, 0.29) is 5.75 Å². The highest BCUT2D eigenvalue weighted by Crippen LogP contribution is 2.20. The number of benzene rings is 1. The Morgan fingerprint density at radius 1 is 1.00 bits per heavy atom. The number of aromatic nitrogens is 6. The zero-order chi connectivity index (χ0) is 20.8. The Morgan fingerprint density at radius 3 is 2.57 bits per heavy atom. The first kappa shape index (κ1) is 19.4. The lowest BCUT2D eigenvalue weighted by Gasteiger charge is -2.08. The van der Waals surface area contributed by atoms with Gasteiger partial charge in [0.1, 0.15) is 17.9 Å². The molecule has 0 saturated heterocycles. The molecule has 0 aliphatic carbocycles. The molecule has 30 heavy (non-hydrogen) atoms. The third kappa shape index (κ3) is 4.93. The highest BCUT2D eigenvalue weighted by molar-refractivity contribution is 5.85. The minimum atomic E-state index is -2.84. The van der Waals surface area contributed by atoms with Crippen LogP contribution in [0.3, 0.4) is 0 Å². The van der Waals surface area contributed by atoms with Crippen LogP contribution >= 0.6 is 0 Å². The Hall–Kier alpha value is -3.89. The monoisotopic (exact) mass is 412 g/mol. The fourth-order valence-corrected chi connectivity index (χ4v) is 2.80. The average Bonchev–Trinajstić information content (AvgIpc) is 3.23. The summed E-state index contributed by atoms with van der Waals surface area (Å²) in [6.07, 6.45) is 8.35. The van der Waals surface area contributed by atoms with Crippen LogP contribution in [0, 0.1) is 0 Å². The van der Waals surface area contributed by atoms with Crippen LogP contribution in [0.25, 0.3) is 11.0 Å². The normalized spacial score (nSPS) is 11.0. The Bertz CT molecular complexity index is 1090. The highest BCUT2D eigenvalue weighted by Gasteiger charge is 2.06. The molecule has 0 saturated carbocycles. The predicted molar refractivity (Wildman–Crippen MR) is 107 cm³/mol. The van der Waals surface area contributed by atoms with Gasteiger partial charge in [0, 0.05) is 24.6 Å². The minimum Gasteiger partial charge on any atom is -0.435 e. The van der Waals surface area contributed by atoms with Gasteiger partial charge in [0.2, 0.25) is 5.95 Å². The second-order valence-corrected chi connectivity index (χ2v) is 6.33. The van der Waals surface area contributed by atoms with E-state index < -0.39 is 6.61 Å². The van der Waals surface area contributed by atoms with E-state index in [0.29, 0.717) is 17.3 Å². The summed E-state index contributed by atoms with van der Waals surface area (Å²) in [6, 6.07) is 6.13. The summed E-state index contributed by atoms with van der Waals surface area (Å²) < 4.78 is 28.7. The molecule has 4 rings (SSSR count). The van der Waals surface area contributed by atoms with Gasteiger partial charge in [-0.2, -0.15) is 13.9 Å². The number of hydrogen-bond acceptors (Lipinski definition) is 8. The van der Waals surface area contributed by atoms with Crippen LogP contribution < -0.4 is 15.4 Å². The van der Waals surface area contributed by atoms with Crippen LogP contribution in [0.4, 0.5) is 26.2 Å². The smallest absolute Gasteiger partial charge is 0.387 e. The number of ether oxygens (including phenoxy) is 1. The molecule has 0 fully saturated rings. The van der Waals surface area contributed by atoms with Gasteiger partial charge >= 0.3 is 6.61 Å². The van der Waals surface area contributed by atoms with Crippen molar-refractivity contribution in [2.75, 3.05) is 17.2 Å². The molecule has 0 unspecified atom stereocenters. The molecule has 154 valence electrons. The predicted octanol–water partition coefficient (Wildman–Crippen LogP) is 3.53. The molecule has 0 aliphatic heterocycles. The van der Waals surface area contributed by atoms with Gasteiger partial charge in [0.15, 0.2) is 5.65 Å². The fourth-order valence-electron chi connectivity index (χ4n) is 2.80. The van der Waals surface area contributed by atoms with Crippen molar-refractivity contribution < 1.29 is 13.5 Å². The number of nitrogens with one attached hydrogen (secondary N) is 3. The fraction of sp³-hybridized carbons (Fsp3) is 0.211. The van der Waals surface area contributed by atoms with E-state index in [1.54, 1.807) is 30.7 Å². The van der Waals surface area contributed by atoms with Gasteiger partial charge in [0.25, 0.3) is 0 Å². The molecule has 0 aliphatic rings. The lowest BCUT2D eigenvalue weighted by molar-refractivity contribution is -0.0498.